The van der Waals surface area contributed by atoms with Crippen molar-refractivity contribution in [3.05, 3.63) is 83.8 Å². The predicted octanol–water partition coefficient (Wildman–Crippen LogP) is 4.98. The zero-order chi connectivity index (χ0) is 20.6. The highest BCUT2D eigenvalue weighted by atomic mass is 19.4. The number of anilines is 1. The Morgan fingerprint density at radius 2 is 1.62 bits per heavy atom. The Hall–Kier alpha value is -3.68. The average Bonchev–Trinajstić information content (AvgIpc) is 3.12. The Balaban J connectivity index is 1.59. The van der Waals surface area contributed by atoms with Crippen molar-refractivity contribution in [1.82, 2.24) is 14.6 Å². The minimum Gasteiger partial charge on any atom is -0.321 e. The van der Waals surface area contributed by atoms with Crippen LogP contribution in [-0.4, -0.2) is 20.5 Å². The Bertz CT molecular complexity index is 1180. The minimum atomic E-state index is -4.61. The molecule has 0 bridgehead atoms. The van der Waals surface area contributed by atoms with Crippen molar-refractivity contribution in [1.29, 1.82) is 0 Å². The molecule has 0 aliphatic heterocycles. The number of alkyl halides is 3. The van der Waals surface area contributed by atoms with Gasteiger partial charge in [0.05, 0.1) is 0 Å². The van der Waals surface area contributed by atoms with Crippen LogP contribution in [0.1, 0.15) is 21.9 Å². The normalized spacial score (nSPS) is 11.6. The third kappa shape index (κ3) is 3.82. The van der Waals surface area contributed by atoms with E-state index in [-0.39, 0.29) is 17.0 Å². The summed E-state index contributed by atoms with van der Waals surface area (Å²) in [7, 11) is 0. The second-order valence-electron chi connectivity index (χ2n) is 6.48. The van der Waals surface area contributed by atoms with E-state index in [0.717, 1.165) is 17.2 Å². The molecule has 2 aromatic heterocycles. The molecule has 0 fully saturated rings. The van der Waals surface area contributed by atoms with Gasteiger partial charge in [-0.25, -0.2) is 9.50 Å². The Labute approximate surface area is 163 Å². The van der Waals surface area contributed by atoms with Crippen LogP contribution in [0.3, 0.4) is 0 Å². The van der Waals surface area contributed by atoms with Gasteiger partial charge in [-0.1, -0.05) is 42.5 Å². The Morgan fingerprint density at radius 3 is 2.28 bits per heavy atom. The SMILES string of the molecule is Cc1cc(C(F)(F)F)n2nc(C(=O)Nc3ccc(-c4ccccc4)cc3)cc2n1. The zero-order valence-electron chi connectivity index (χ0n) is 15.2. The molecule has 2 aromatic carbocycles. The molecule has 4 aromatic rings. The van der Waals surface area contributed by atoms with Crippen LogP contribution in [0, 0.1) is 6.92 Å². The van der Waals surface area contributed by atoms with Crippen molar-refractivity contribution in [3.63, 3.8) is 0 Å². The van der Waals surface area contributed by atoms with Crippen molar-refractivity contribution in [2.75, 3.05) is 5.32 Å². The molecular formula is C21H15F3N4O. The molecule has 0 radical (unpaired) electrons. The quantitative estimate of drug-likeness (QED) is 0.532. The lowest BCUT2D eigenvalue weighted by Gasteiger charge is -2.09. The largest absolute Gasteiger partial charge is 0.433 e. The number of halogens is 3. The Morgan fingerprint density at radius 1 is 0.966 bits per heavy atom. The summed E-state index contributed by atoms with van der Waals surface area (Å²) in [6.45, 7) is 1.45. The lowest BCUT2D eigenvalue weighted by atomic mass is 10.1. The van der Waals surface area contributed by atoms with Gasteiger partial charge in [0.25, 0.3) is 5.91 Å². The van der Waals surface area contributed by atoms with Gasteiger partial charge in [0.15, 0.2) is 11.3 Å². The number of nitrogens with zero attached hydrogens (tertiary/aromatic N) is 3. The second kappa shape index (κ2) is 7.05. The van der Waals surface area contributed by atoms with Gasteiger partial charge in [-0.3, -0.25) is 4.79 Å². The minimum absolute atomic E-state index is 0.0399. The molecular weight excluding hydrogens is 381 g/mol. The fourth-order valence-electron chi connectivity index (χ4n) is 2.98. The monoisotopic (exact) mass is 396 g/mol. The van der Waals surface area contributed by atoms with Crippen LogP contribution in [-0.2, 0) is 6.18 Å². The number of fused-ring (bicyclic) bond motifs is 1. The van der Waals surface area contributed by atoms with Gasteiger partial charge in [0.1, 0.15) is 5.69 Å². The van der Waals surface area contributed by atoms with Gasteiger partial charge < -0.3 is 5.32 Å². The van der Waals surface area contributed by atoms with Crippen LogP contribution < -0.4 is 5.32 Å². The fourth-order valence-corrected chi connectivity index (χ4v) is 2.98. The number of aromatic nitrogens is 3. The predicted molar refractivity (Wildman–Crippen MR) is 103 cm³/mol. The summed E-state index contributed by atoms with van der Waals surface area (Å²) in [5.74, 6) is -0.617. The van der Waals surface area contributed by atoms with E-state index in [4.69, 9.17) is 0 Å². The summed E-state index contributed by atoms with van der Waals surface area (Å²) in [5, 5.41) is 6.45. The molecule has 29 heavy (non-hydrogen) atoms. The van der Waals surface area contributed by atoms with E-state index in [1.165, 1.54) is 13.0 Å². The molecule has 0 aliphatic rings. The summed E-state index contributed by atoms with van der Waals surface area (Å²) < 4.78 is 40.4. The number of carbonyl (C=O) groups excluding carboxylic acids is 1. The van der Waals surface area contributed by atoms with Gasteiger partial charge in [-0.15, -0.1) is 0 Å². The maximum atomic E-state index is 13.2. The van der Waals surface area contributed by atoms with E-state index < -0.39 is 17.8 Å². The maximum Gasteiger partial charge on any atom is 0.433 e. The van der Waals surface area contributed by atoms with Crippen LogP contribution in [0.4, 0.5) is 18.9 Å². The summed E-state index contributed by atoms with van der Waals surface area (Å²) in [6, 6.07) is 19.0. The first-order valence-corrected chi connectivity index (χ1v) is 8.73. The molecule has 1 N–H and O–H groups in total. The van der Waals surface area contributed by atoms with Gasteiger partial charge in [0, 0.05) is 17.4 Å². The molecule has 4 rings (SSSR count). The molecule has 0 unspecified atom stereocenters. The van der Waals surface area contributed by atoms with Crippen LogP contribution >= 0.6 is 0 Å². The van der Waals surface area contributed by atoms with E-state index >= 15 is 0 Å². The second-order valence-corrected chi connectivity index (χ2v) is 6.48. The van der Waals surface area contributed by atoms with Gasteiger partial charge >= 0.3 is 6.18 Å². The lowest BCUT2D eigenvalue weighted by molar-refractivity contribution is -0.142. The molecule has 0 atom stereocenters. The van der Waals surface area contributed by atoms with Crippen molar-refractivity contribution >= 4 is 17.2 Å². The highest BCUT2D eigenvalue weighted by molar-refractivity contribution is 6.03. The Kier molecular flexibility index (Phi) is 4.54. The first kappa shape index (κ1) is 18.7. The number of rotatable bonds is 3. The number of hydrogen-bond donors (Lipinski definition) is 1. The van der Waals surface area contributed by atoms with E-state index in [9.17, 15) is 18.0 Å². The zero-order valence-corrected chi connectivity index (χ0v) is 15.2. The molecule has 0 saturated carbocycles. The highest BCUT2D eigenvalue weighted by Crippen LogP contribution is 2.30. The molecule has 1 amide bonds. The van der Waals surface area contributed by atoms with Crippen molar-refractivity contribution in [3.8, 4) is 11.1 Å². The smallest absolute Gasteiger partial charge is 0.321 e. The summed E-state index contributed by atoms with van der Waals surface area (Å²) in [6.07, 6.45) is -4.61. The average molecular weight is 396 g/mol. The fraction of sp³-hybridized carbons (Fsp3) is 0.0952. The number of carbonyl (C=O) groups is 1. The van der Waals surface area contributed by atoms with Crippen molar-refractivity contribution < 1.29 is 18.0 Å². The van der Waals surface area contributed by atoms with Gasteiger partial charge in [-0.2, -0.15) is 18.3 Å². The maximum absolute atomic E-state index is 13.2. The third-order valence-corrected chi connectivity index (χ3v) is 4.33. The highest BCUT2D eigenvalue weighted by Gasteiger charge is 2.35. The number of benzene rings is 2. The van der Waals surface area contributed by atoms with E-state index in [1.54, 1.807) is 12.1 Å². The van der Waals surface area contributed by atoms with E-state index in [2.05, 4.69) is 15.4 Å². The number of amides is 1. The molecule has 2 heterocycles. The molecule has 0 aliphatic carbocycles. The topological polar surface area (TPSA) is 59.3 Å². The molecule has 0 saturated heterocycles. The van der Waals surface area contributed by atoms with Crippen LogP contribution in [0.5, 0.6) is 0 Å². The van der Waals surface area contributed by atoms with Crippen LogP contribution in [0.15, 0.2) is 66.7 Å². The third-order valence-electron chi connectivity index (χ3n) is 4.33. The molecule has 5 nitrogen and oxygen atoms in total. The summed E-state index contributed by atoms with van der Waals surface area (Å²) in [5.41, 5.74) is 1.53. The van der Waals surface area contributed by atoms with Gasteiger partial charge in [0.2, 0.25) is 0 Å². The molecule has 146 valence electrons. The van der Waals surface area contributed by atoms with Crippen molar-refractivity contribution in [2.24, 2.45) is 0 Å². The number of hydrogen-bond acceptors (Lipinski definition) is 3. The molecule has 8 heteroatoms. The van der Waals surface area contributed by atoms with E-state index in [0.29, 0.717) is 10.2 Å². The molecule has 0 spiro atoms. The lowest BCUT2D eigenvalue weighted by Crippen LogP contribution is -2.15. The number of aryl methyl sites for hydroxylation is 1. The first-order chi connectivity index (χ1) is 13.8. The van der Waals surface area contributed by atoms with Gasteiger partial charge in [-0.05, 0) is 36.2 Å². The van der Waals surface area contributed by atoms with Crippen molar-refractivity contribution in [2.45, 2.75) is 13.1 Å². The van der Waals surface area contributed by atoms with Crippen LogP contribution in [0.25, 0.3) is 16.8 Å². The summed E-state index contributed by atoms with van der Waals surface area (Å²) >= 11 is 0. The van der Waals surface area contributed by atoms with Crippen LogP contribution in [0.2, 0.25) is 0 Å². The van der Waals surface area contributed by atoms with E-state index in [1.807, 2.05) is 42.5 Å². The summed E-state index contributed by atoms with van der Waals surface area (Å²) in [4.78, 5) is 16.5. The number of nitrogens with one attached hydrogen (secondary N) is 1. The standard InChI is InChI=1S/C21H15F3N4O/c1-13-11-18(21(22,23)24)28-19(25-13)12-17(27-28)20(29)26-16-9-7-15(8-10-16)14-5-3-2-4-6-14/h2-12H,1H3,(H,26,29). The first-order valence-electron chi connectivity index (χ1n) is 8.73.